The highest BCUT2D eigenvalue weighted by molar-refractivity contribution is 6.02. The van der Waals surface area contributed by atoms with Crippen LogP contribution in [0.4, 0.5) is 0 Å². The Morgan fingerprint density at radius 1 is 0.434 bits per heavy atom. The Morgan fingerprint density at radius 3 is 1.33 bits per heavy atom. The van der Waals surface area contributed by atoms with Crippen LogP contribution in [0.1, 0.15) is 195 Å². The molecule has 136 heavy (non-hydrogen) atoms. The normalized spacial score (nSPS) is 17.2. The minimum absolute atomic E-state index is 0.0311. The Labute approximate surface area is 787 Å². The van der Waals surface area contributed by atoms with Gasteiger partial charge in [0.05, 0.1) is 31.4 Å². The number of carbonyl (C=O) groups excluding carboxylic acids is 18. The summed E-state index contributed by atoms with van der Waals surface area (Å²) in [5, 5.41) is 105. The molecule has 0 unspecified atom stereocenters. The van der Waals surface area contributed by atoms with Crippen LogP contribution in [0.5, 0.6) is 5.75 Å². The first kappa shape index (κ1) is 118. The van der Waals surface area contributed by atoms with E-state index in [0.29, 0.717) is 37.8 Å². The van der Waals surface area contributed by atoms with E-state index in [4.69, 9.17) is 45.5 Å². The molecule has 2 fully saturated rings. The molecule has 18 amide bonds. The standard InChI is InChI=1S/C85H143N25O26/c1-8-44(4)66(106-81(132)67(46(6)112)107-70(121)50(89)18-9-12-34-86)80(131)104-58(42-111)76(127)99-52(20-11-14-36-88)72(123)96-45(5)69(120)98-51(19-10-13-35-87)71(122)95-41-63(117)97-55(29-32-62(91)116)82(133)109-38-16-22-59(109)77(128)100-53(21-15-37-94-85(92)93)73(124)102-56(30-33-64(118)119)83(134)110-39-17-23-60(110)78(129)101-54(28-31-61(90)115)74(125)105-65(43(2)3)79(130)103-57(40-48-24-26-49(114)27-25-48)75(126)108-68(47(7)113)84(135)136/h24-27,43-47,50-60,65-68,111-114H,8-23,28-42,86-89H2,1-7H3,(H2,90,115)(H2,91,116)(H,95,122)(H,96,123)(H,97,117)(H,98,120)(H,99,127)(H,100,128)(H,101,129)(H,102,124)(H,103,130)(H,104,131)(H,105,125)(H,106,132)(H,107,121)(H,108,126)(H,118,119)(H,135,136)(H4,92,93,94)/t44-,45-,46+,47+,50-,51-,52-,53-,54-,55-,56-,57-,58-,59-,60-,65-,66-,67-,68-/m0/s1. The number of nitrogens with zero attached hydrogens (tertiary/aromatic N) is 2. The van der Waals surface area contributed by atoms with Crippen molar-refractivity contribution in [3.05, 3.63) is 29.8 Å². The lowest BCUT2D eigenvalue weighted by atomic mass is 9.97. The summed E-state index contributed by atoms with van der Waals surface area (Å²) in [6.07, 6.45) is -4.46. The summed E-state index contributed by atoms with van der Waals surface area (Å²) in [6.45, 7) is 8.20. The molecule has 1 aromatic rings. The van der Waals surface area contributed by atoms with Crippen molar-refractivity contribution in [1.29, 1.82) is 5.41 Å². The van der Waals surface area contributed by atoms with E-state index in [1.54, 1.807) is 13.8 Å². The van der Waals surface area contributed by atoms with Gasteiger partial charge in [0.2, 0.25) is 106 Å². The average Bonchev–Trinajstić information content (AvgIpc) is 1.65. The van der Waals surface area contributed by atoms with Crippen molar-refractivity contribution in [3.8, 4) is 5.75 Å². The van der Waals surface area contributed by atoms with Crippen molar-refractivity contribution >= 4 is 124 Å². The first-order valence-corrected chi connectivity index (χ1v) is 45.7. The maximum Gasteiger partial charge on any atom is 0.328 e. The number of carboxylic acid groups (broad SMARTS) is 2. The quantitative estimate of drug-likeness (QED) is 0.0164. The fourth-order valence-electron chi connectivity index (χ4n) is 14.7. The molecule has 0 spiro atoms. The molecule has 0 aliphatic carbocycles. The van der Waals surface area contributed by atoms with Crippen LogP contribution < -0.4 is 120 Å². The van der Waals surface area contributed by atoms with Crippen LogP contribution >= 0.6 is 0 Å². The van der Waals surface area contributed by atoms with Gasteiger partial charge in [-0.3, -0.25) is 96.5 Å². The highest BCUT2D eigenvalue weighted by atomic mass is 16.4. The number of primary amides is 2. The number of guanidine groups is 1. The first-order chi connectivity index (χ1) is 64.1. The molecule has 0 saturated carbocycles. The fourth-order valence-corrected chi connectivity index (χ4v) is 14.7. The molecule has 2 saturated heterocycles. The molecular formula is C85H143N25O26. The molecule has 764 valence electrons. The summed E-state index contributed by atoms with van der Waals surface area (Å²) >= 11 is 0. The van der Waals surface area contributed by atoms with Gasteiger partial charge in [-0.2, -0.15) is 0 Å². The van der Waals surface area contributed by atoms with E-state index >= 15 is 0 Å². The Bertz CT molecular complexity index is 4220. The van der Waals surface area contributed by atoms with E-state index in [2.05, 4.69) is 79.8 Å². The van der Waals surface area contributed by atoms with Gasteiger partial charge in [0.1, 0.15) is 90.3 Å². The van der Waals surface area contributed by atoms with Crippen molar-refractivity contribution in [2.24, 2.45) is 52.0 Å². The van der Waals surface area contributed by atoms with E-state index in [0.717, 1.165) is 16.7 Å². The van der Waals surface area contributed by atoms with Gasteiger partial charge < -0.3 is 160 Å². The van der Waals surface area contributed by atoms with Crippen molar-refractivity contribution in [3.63, 3.8) is 0 Å². The number of rotatable bonds is 64. The second kappa shape index (κ2) is 60.7. The number of aliphatic carboxylic acids is 2. The van der Waals surface area contributed by atoms with Gasteiger partial charge in [-0.05, 0) is 179 Å². The number of amides is 18. The van der Waals surface area contributed by atoms with Crippen molar-refractivity contribution in [2.45, 2.75) is 305 Å². The van der Waals surface area contributed by atoms with Crippen LogP contribution in [0.3, 0.4) is 0 Å². The number of aromatic hydroxyl groups is 1. The molecule has 0 radical (unpaired) electrons. The lowest BCUT2D eigenvalue weighted by Gasteiger charge is -2.32. The number of aliphatic hydroxyl groups excluding tert-OH is 3. The summed E-state index contributed by atoms with van der Waals surface area (Å²) in [5.41, 5.74) is 40.0. The van der Waals surface area contributed by atoms with E-state index < -0.39 is 297 Å². The van der Waals surface area contributed by atoms with E-state index in [1.807, 2.05) is 0 Å². The number of nitrogens with one attached hydrogen (secondary N) is 16. The number of carbonyl (C=O) groups is 20. The lowest BCUT2D eigenvalue weighted by molar-refractivity contribution is -0.145. The maximum atomic E-state index is 14.9. The maximum absolute atomic E-state index is 14.9. The predicted molar refractivity (Wildman–Crippen MR) is 487 cm³/mol. The van der Waals surface area contributed by atoms with Crippen molar-refractivity contribution < 1.29 is 127 Å². The number of carboxylic acids is 2. The molecule has 36 N–H and O–H groups in total. The van der Waals surface area contributed by atoms with E-state index in [1.165, 1.54) is 52.0 Å². The van der Waals surface area contributed by atoms with Gasteiger partial charge in [-0.25, -0.2) is 4.79 Å². The SMILES string of the molecule is CC[C@H](C)[C@H](NC(=O)[C@@H](NC(=O)[C@@H](N)CCCCN)[C@@H](C)O)C(=O)N[C@@H](CO)C(=O)N[C@@H](CCCCN)C(=O)N[C@@H](C)C(=O)N[C@@H](CCCCN)C(=O)NCC(=O)N[C@@H](CCC(N)=O)C(=O)N1CCC[C@H]1C(=O)N[C@@H](CCCNC(=N)N)C(=O)N[C@@H](CCC(=O)O)C(=O)N1CCC[C@H]1C(=O)N[C@@H](CCC(N)=O)C(=O)N[C@H](C(=O)N[C@@H](Cc1ccc(O)cc1)C(=O)N[C@H](C(=O)O)[C@@H](C)O)C(C)C. The molecule has 51 nitrogen and oxygen atoms in total. The Kier molecular flexibility index (Phi) is 52.5. The number of phenolic OH excluding ortho intramolecular Hbond substituents is 1. The van der Waals surface area contributed by atoms with Crippen LogP contribution in [-0.4, -0.2) is 326 Å². The molecule has 51 heteroatoms. The number of unbranched alkanes of at least 4 members (excludes halogenated alkanes) is 3. The Morgan fingerprint density at radius 2 is 0.838 bits per heavy atom. The van der Waals surface area contributed by atoms with Crippen LogP contribution in [-0.2, 0) is 102 Å². The Hall–Kier alpha value is -12.6. The topological polar surface area (TPSA) is 856 Å². The molecule has 3 rings (SSSR count). The van der Waals surface area contributed by atoms with Gasteiger partial charge >= 0.3 is 11.9 Å². The second-order valence-electron chi connectivity index (χ2n) is 34.2. The highest BCUT2D eigenvalue weighted by Gasteiger charge is 2.45. The van der Waals surface area contributed by atoms with E-state index in [9.17, 15) is 127 Å². The molecule has 2 heterocycles. The van der Waals surface area contributed by atoms with Crippen LogP contribution in [0.2, 0.25) is 0 Å². The predicted octanol–water partition coefficient (Wildman–Crippen LogP) is -9.73. The molecule has 0 bridgehead atoms. The Balaban J connectivity index is 1.87. The first-order valence-electron chi connectivity index (χ1n) is 45.7. The smallest absolute Gasteiger partial charge is 0.328 e. The fraction of sp³-hybridized carbons (Fsp3) is 0.682. The molecule has 2 aliphatic rings. The highest BCUT2D eigenvalue weighted by Crippen LogP contribution is 2.24. The average molecular weight is 1930 g/mol. The number of likely N-dealkylation sites (tertiary alicyclic amines) is 2. The minimum Gasteiger partial charge on any atom is -0.508 e. The van der Waals surface area contributed by atoms with Gasteiger partial charge in [-0.1, -0.05) is 52.7 Å². The molecule has 2 aliphatic heterocycles. The zero-order valence-electron chi connectivity index (χ0n) is 78.1. The number of hydrogen-bond donors (Lipinski definition) is 29. The summed E-state index contributed by atoms with van der Waals surface area (Å²) in [4.78, 5) is 277. The third-order valence-corrected chi connectivity index (χ3v) is 22.8. The third-order valence-electron chi connectivity index (χ3n) is 22.8. The van der Waals surface area contributed by atoms with Crippen LogP contribution in [0.15, 0.2) is 24.3 Å². The zero-order chi connectivity index (χ0) is 102. The van der Waals surface area contributed by atoms with Gasteiger partial charge in [0.25, 0.3) is 0 Å². The third kappa shape index (κ3) is 40.9. The second-order valence-corrected chi connectivity index (χ2v) is 34.2. The number of hydrogen-bond acceptors (Lipinski definition) is 29. The van der Waals surface area contributed by atoms with Crippen LogP contribution in [0, 0.1) is 17.2 Å². The zero-order valence-corrected chi connectivity index (χ0v) is 78.1. The van der Waals surface area contributed by atoms with Gasteiger partial charge in [0.15, 0.2) is 12.0 Å². The largest absolute Gasteiger partial charge is 0.508 e. The molecular weight excluding hydrogens is 1790 g/mol. The summed E-state index contributed by atoms with van der Waals surface area (Å²) in [6, 6.07) is -19.3. The summed E-state index contributed by atoms with van der Waals surface area (Å²) in [5.74, 6) is -22.8. The molecule has 1 aromatic carbocycles. The number of benzene rings is 1. The number of phenols is 1. The van der Waals surface area contributed by atoms with E-state index in [-0.39, 0.29) is 122 Å². The summed E-state index contributed by atoms with van der Waals surface area (Å²) < 4.78 is 0. The van der Waals surface area contributed by atoms with Crippen molar-refractivity contribution in [1.82, 2.24) is 89.6 Å². The summed E-state index contributed by atoms with van der Waals surface area (Å²) in [7, 11) is 0. The molecule has 0 aromatic heterocycles. The number of aliphatic hydroxyl groups is 3. The number of nitrogens with two attached hydrogens (primary N) is 7. The van der Waals surface area contributed by atoms with Gasteiger partial charge in [-0.15, -0.1) is 0 Å². The van der Waals surface area contributed by atoms with Crippen LogP contribution in [0.25, 0.3) is 0 Å². The molecule has 19 atom stereocenters. The minimum atomic E-state index is -1.84. The lowest BCUT2D eigenvalue weighted by Crippen LogP contribution is -2.62. The van der Waals surface area contributed by atoms with Crippen molar-refractivity contribution in [2.75, 3.05) is 52.4 Å². The van der Waals surface area contributed by atoms with Gasteiger partial charge in [0, 0.05) is 45.3 Å². The monoisotopic (exact) mass is 1930 g/mol.